The van der Waals surface area contributed by atoms with Crippen molar-refractivity contribution in [2.75, 3.05) is 13.1 Å². The third kappa shape index (κ3) is 3.16. The van der Waals surface area contributed by atoms with Crippen molar-refractivity contribution in [2.45, 2.75) is 51.2 Å². The number of nitrogens with zero attached hydrogens (tertiary/aromatic N) is 3. The molecule has 1 atom stereocenters. The number of fused-ring (bicyclic) bond motifs is 1. The van der Waals surface area contributed by atoms with Gasteiger partial charge >= 0.3 is 0 Å². The second-order valence-corrected chi connectivity index (χ2v) is 7.07. The van der Waals surface area contributed by atoms with Gasteiger partial charge in [-0.1, -0.05) is 6.42 Å². The molecule has 25 heavy (non-hydrogen) atoms. The molecule has 7 heteroatoms. The number of hydrogen-bond donors (Lipinski definition) is 1. The molecule has 1 aromatic rings. The normalized spacial score (nSPS) is 24.4. The lowest BCUT2D eigenvalue weighted by Crippen LogP contribution is -2.52. The summed E-state index contributed by atoms with van der Waals surface area (Å²) in [6, 6.07) is 1.43. The molecule has 0 saturated carbocycles. The molecule has 3 aliphatic rings. The third-order valence-electron chi connectivity index (χ3n) is 5.30. The second kappa shape index (κ2) is 6.55. The van der Waals surface area contributed by atoms with E-state index in [1.54, 1.807) is 11.1 Å². The summed E-state index contributed by atoms with van der Waals surface area (Å²) < 4.78 is 0. The highest BCUT2D eigenvalue weighted by molar-refractivity contribution is 6.05. The minimum absolute atomic E-state index is 0.165. The molecule has 0 bridgehead atoms. The molecule has 1 aromatic heterocycles. The van der Waals surface area contributed by atoms with Gasteiger partial charge < -0.3 is 4.90 Å². The van der Waals surface area contributed by atoms with Crippen LogP contribution in [0.15, 0.2) is 12.3 Å². The monoisotopic (exact) mass is 342 g/mol. The second-order valence-electron chi connectivity index (χ2n) is 7.07. The number of nitrogens with one attached hydrogen (secondary N) is 1. The van der Waals surface area contributed by atoms with Crippen molar-refractivity contribution >= 4 is 17.7 Å². The molecule has 1 unspecified atom stereocenters. The van der Waals surface area contributed by atoms with Crippen LogP contribution in [0.4, 0.5) is 0 Å². The Kier molecular flexibility index (Phi) is 4.25. The number of pyridine rings is 1. The fourth-order valence-electron chi connectivity index (χ4n) is 3.94. The third-order valence-corrected chi connectivity index (χ3v) is 5.30. The van der Waals surface area contributed by atoms with E-state index < -0.39 is 6.04 Å². The molecule has 0 aliphatic carbocycles. The molecule has 0 aromatic carbocycles. The first kappa shape index (κ1) is 16.2. The molecule has 0 radical (unpaired) electrons. The molecule has 1 N–H and O–H groups in total. The summed E-state index contributed by atoms with van der Waals surface area (Å²) in [7, 11) is 0. The van der Waals surface area contributed by atoms with E-state index in [1.165, 1.54) is 19.3 Å². The highest BCUT2D eigenvalue weighted by Crippen LogP contribution is 2.27. The molecular formula is C18H22N4O3. The van der Waals surface area contributed by atoms with E-state index in [4.69, 9.17) is 0 Å². The fraction of sp³-hybridized carbons (Fsp3) is 0.556. The van der Waals surface area contributed by atoms with Gasteiger partial charge in [-0.3, -0.25) is 29.6 Å². The Morgan fingerprint density at radius 3 is 2.72 bits per heavy atom. The molecule has 132 valence electrons. The Morgan fingerprint density at radius 1 is 1.16 bits per heavy atom. The minimum Gasteiger partial charge on any atom is -0.322 e. The van der Waals surface area contributed by atoms with Gasteiger partial charge in [0.1, 0.15) is 6.04 Å². The molecule has 4 heterocycles. The number of imide groups is 1. The van der Waals surface area contributed by atoms with Gasteiger partial charge in [-0.05, 0) is 44.0 Å². The highest BCUT2D eigenvalue weighted by Gasteiger charge is 2.39. The number of amides is 3. The standard InChI is InChI=1S/C18H22N4O3/c23-16-5-4-15(17(24)20-16)22-10-12-8-13(19-9-14(12)18(22)25)11-21-6-2-1-3-7-21/h8-9,15H,1-7,10-11H2,(H,20,23,24). The predicted molar refractivity (Wildman–Crippen MR) is 89.4 cm³/mol. The maximum absolute atomic E-state index is 12.6. The van der Waals surface area contributed by atoms with Crippen molar-refractivity contribution in [1.29, 1.82) is 0 Å². The van der Waals surface area contributed by atoms with Gasteiger partial charge in [0.15, 0.2) is 0 Å². The maximum atomic E-state index is 12.6. The topological polar surface area (TPSA) is 82.6 Å². The molecule has 2 saturated heterocycles. The fourth-order valence-corrected chi connectivity index (χ4v) is 3.94. The van der Waals surface area contributed by atoms with E-state index in [-0.39, 0.29) is 24.1 Å². The lowest BCUT2D eigenvalue weighted by Gasteiger charge is -2.29. The summed E-state index contributed by atoms with van der Waals surface area (Å²) in [5, 5.41) is 2.33. The first-order valence-electron chi connectivity index (χ1n) is 8.96. The Hall–Kier alpha value is -2.28. The molecule has 7 nitrogen and oxygen atoms in total. The van der Waals surface area contributed by atoms with Crippen molar-refractivity contribution in [3.8, 4) is 0 Å². The average molecular weight is 342 g/mol. The van der Waals surface area contributed by atoms with Crippen LogP contribution in [0.25, 0.3) is 0 Å². The Bertz CT molecular complexity index is 727. The van der Waals surface area contributed by atoms with E-state index >= 15 is 0 Å². The van der Waals surface area contributed by atoms with Crippen LogP contribution in [0.3, 0.4) is 0 Å². The van der Waals surface area contributed by atoms with Crippen molar-refractivity contribution in [3.63, 3.8) is 0 Å². The summed E-state index contributed by atoms with van der Waals surface area (Å²) >= 11 is 0. The van der Waals surface area contributed by atoms with Gasteiger partial charge in [0.05, 0.1) is 11.3 Å². The number of carbonyl (C=O) groups excluding carboxylic acids is 3. The zero-order chi connectivity index (χ0) is 17.4. The highest BCUT2D eigenvalue weighted by atomic mass is 16.2. The van der Waals surface area contributed by atoms with Gasteiger partial charge in [-0.2, -0.15) is 0 Å². The van der Waals surface area contributed by atoms with Gasteiger partial charge in [-0.15, -0.1) is 0 Å². The summed E-state index contributed by atoms with van der Waals surface area (Å²) in [6.07, 6.45) is 6.05. The quantitative estimate of drug-likeness (QED) is 0.823. The predicted octanol–water partition coefficient (Wildman–Crippen LogP) is 0.829. The van der Waals surface area contributed by atoms with E-state index in [0.717, 1.165) is 30.9 Å². The zero-order valence-electron chi connectivity index (χ0n) is 14.2. The van der Waals surface area contributed by atoms with E-state index in [9.17, 15) is 14.4 Å². The SMILES string of the molecule is O=C1CCC(N2Cc3cc(CN4CCCCC4)ncc3C2=O)C(=O)N1. The van der Waals surface area contributed by atoms with Gasteiger partial charge in [0, 0.05) is 25.7 Å². The summed E-state index contributed by atoms with van der Waals surface area (Å²) in [4.78, 5) is 44.4. The largest absolute Gasteiger partial charge is 0.322 e. The summed E-state index contributed by atoms with van der Waals surface area (Å²) in [6.45, 7) is 3.41. The number of aromatic nitrogens is 1. The van der Waals surface area contributed by atoms with E-state index in [1.807, 2.05) is 6.07 Å². The van der Waals surface area contributed by atoms with Crippen molar-refractivity contribution in [3.05, 3.63) is 29.1 Å². The Labute approximate surface area is 146 Å². The van der Waals surface area contributed by atoms with Crippen LogP contribution < -0.4 is 5.32 Å². The number of hydrogen-bond acceptors (Lipinski definition) is 5. The van der Waals surface area contributed by atoms with Crippen LogP contribution in [-0.4, -0.2) is 51.6 Å². The van der Waals surface area contributed by atoms with Crippen molar-refractivity contribution in [1.82, 2.24) is 20.1 Å². The molecular weight excluding hydrogens is 320 g/mol. The lowest BCUT2D eigenvalue weighted by atomic mass is 10.0. The van der Waals surface area contributed by atoms with Gasteiger partial charge in [0.25, 0.3) is 5.91 Å². The number of likely N-dealkylation sites (tertiary alicyclic amines) is 1. The number of rotatable bonds is 3. The molecule has 4 rings (SSSR count). The van der Waals surface area contributed by atoms with Crippen LogP contribution >= 0.6 is 0 Å². The first-order chi connectivity index (χ1) is 12.1. The summed E-state index contributed by atoms with van der Waals surface area (Å²) in [5.74, 6) is -0.809. The Morgan fingerprint density at radius 2 is 1.96 bits per heavy atom. The van der Waals surface area contributed by atoms with Crippen LogP contribution in [-0.2, 0) is 22.7 Å². The van der Waals surface area contributed by atoms with Crippen LogP contribution in [0, 0.1) is 0 Å². The van der Waals surface area contributed by atoms with E-state index in [2.05, 4.69) is 15.2 Å². The first-order valence-corrected chi connectivity index (χ1v) is 8.96. The zero-order valence-corrected chi connectivity index (χ0v) is 14.2. The number of carbonyl (C=O) groups is 3. The van der Waals surface area contributed by atoms with Crippen LogP contribution in [0.5, 0.6) is 0 Å². The number of piperidine rings is 2. The molecule has 3 amide bonds. The van der Waals surface area contributed by atoms with Gasteiger partial charge in [0.2, 0.25) is 11.8 Å². The molecule has 0 spiro atoms. The minimum atomic E-state index is -0.567. The van der Waals surface area contributed by atoms with Gasteiger partial charge in [-0.25, -0.2) is 0 Å². The lowest BCUT2D eigenvalue weighted by molar-refractivity contribution is -0.136. The van der Waals surface area contributed by atoms with E-state index in [0.29, 0.717) is 18.5 Å². The molecule has 2 fully saturated rings. The van der Waals surface area contributed by atoms with Crippen molar-refractivity contribution in [2.24, 2.45) is 0 Å². The van der Waals surface area contributed by atoms with Crippen LogP contribution in [0.2, 0.25) is 0 Å². The van der Waals surface area contributed by atoms with Crippen molar-refractivity contribution < 1.29 is 14.4 Å². The Balaban J connectivity index is 1.49. The summed E-state index contributed by atoms with van der Waals surface area (Å²) in [5.41, 5.74) is 2.47. The smallest absolute Gasteiger partial charge is 0.256 e. The maximum Gasteiger partial charge on any atom is 0.256 e. The average Bonchev–Trinajstić information content (AvgIpc) is 2.92. The van der Waals surface area contributed by atoms with Crippen LogP contribution in [0.1, 0.15) is 53.7 Å². The molecule has 3 aliphatic heterocycles.